The number of amides is 1. The zero-order valence-corrected chi connectivity index (χ0v) is 14.0. The summed E-state index contributed by atoms with van der Waals surface area (Å²) in [4.78, 5) is 12.5. The number of halogens is 1. The molecule has 0 saturated heterocycles. The molecule has 1 aliphatic heterocycles. The van der Waals surface area contributed by atoms with Gasteiger partial charge in [-0.15, -0.1) is 0 Å². The van der Waals surface area contributed by atoms with E-state index in [0.717, 1.165) is 0 Å². The first-order valence-corrected chi connectivity index (χ1v) is 8.16. The number of anilines is 1. The first kappa shape index (κ1) is 16.5. The van der Waals surface area contributed by atoms with Crippen molar-refractivity contribution in [1.82, 2.24) is 0 Å². The Morgan fingerprint density at radius 3 is 2.75 bits per heavy atom. The lowest BCUT2D eigenvalue weighted by Gasteiger charge is -2.20. The Kier molecular flexibility index (Phi) is 5.11. The van der Waals surface area contributed by atoms with E-state index in [2.05, 4.69) is 5.32 Å². The summed E-state index contributed by atoms with van der Waals surface area (Å²) in [7, 11) is 0. The van der Waals surface area contributed by atoms with E-state index in [0.29, 0.717) is 47.6 Å². The first-order chi connectivity index (χ1) is 11.7. The lowest BCUT2D eigenvalue weighted by atomic mass is 10.2. The SMILES string of the molecule is CC[C@@H](Oc1cccc(Cl)c1)C(=O)Nc1ccc2c(c1)OCCO2. The summed E-state index contributed by atoms with van der Waals surface area (Å²) < 4.78 is 16.7. The fourth-order valence-electron chi connectivity index (χ4n) is 2.37. The molecular weight excluding hydrogens is 330 g/mol. The monoisotopic (exact) mass is 347 g/mol. The van der Waals surface area contributed by atoms with Crippen molar-refractivity contribution in [3.05, 3.63) is 47.5 Å². The molecule has 1 aliphatic rings. The van der Waals surface area contributed by atoms with Crippen molar-refractivity contribution < 1.29 is 19.0 Å². The molecule has 2 aromatic rings. The summed E-state index contributed by atoms with van der Waals surface area (Å²) >= 11 is 5.94. The van der Waals surface area contributed by atoms with E-state index >= 15 is 0 Å². The Labute approximate surface area is 145 Å². The number of hydrogen-bond acceptors (Lipinski definition) is 4. The molecule has 0 bridgehead atoms. The molecule has 1 heterocycles. The smallest absolute Gasteiger partial charge is 0.265 e. The number of nitrogens with one attached hydrogen (secondary N) is 1. The van der Waals surface area contributed by atoms with Crippen LogP contribution in [0.25, 0.3) is 0 Å². The molecule has 3 rings (SSSR count). The van der Waals surface area contributed by atoms with Gasteiger partial charge in [0.2, 0.25) is 0 Å². The highest BCUT2D eigenvalue weighted by Crippen LogP contribution is 2.32. The lowest BCUT2D eigenvalue weighted by Crippen LogP contribution is -2.32. The maximum Gasteiger partial charge on any atom is 0.265 e. The van der Waals surface area contributed by atoms with Crippen molar-refractivity contribution in [2.24, 2.45) is 0 Å². The molecule has 1 atom stereocenters. The standard InChI is InChI=1S/C18H18ClNO4/c1-2-15(24-14-5-3-4-12(19)10-14)18(21)20-13-6-7-16-17(11-13)23-9-8-22-16/h3-7,10-11,15H,2,8-9H2,1H3,(H,20,21)/t15-/m1/s1. The van der Waals surface area contributed by atoms with Gasteiger partial charge in [0, 0.05) is 16.8 Å². The van der Waals surface area contributed by atoms with E-state index in [1.807, 2.05) is 6.92 Å². The predicted octanol–water partition coefficient (Wildman–Crippen LogP) is 3.91. The van der Waals surface area contributed by atoms with Gasteiger partial charge >= 0.3 is 0 Å². The molecule has 6 heteroatoms. The van der Waals surface area contributed by atoms with Crippen molar-refractivity contribution in [3.8, 4) is 17.2 Å². The van der Waals surface area contributed by atoms with Crippen molar-refractivity contribution in [1.29, 1.82) is 0 Å². The van der Waals surface area contributed by atoms with E-state index in [9.17, 15) is 4.79 Å². The van der Waals surface area contributed by atoms with Crippen LogP contribution in [0.4, 0.5) is 5.69 Å². The topological polar surface area (TPSA) is 56.8 Å². The molecule has 2 aromatic carbocycles. The summed E-state index contributed by atoms with van der Waals surface area (Å²) in [5.74, 6) is 1.64. The second-order valence-corrected chi connectivity index (χ2v) is 5.76. The molecule has 1 N–H and O–H groups in total. The van der Waals surface area contributed by atoms with E-state index in [1.165, 1.54) is 0 Å². The van der Waals surface area contributed by atoms with Crippen LogP contribution >= 0.6 is 11.6 Å². The number of ether oxygens (including phenoxy) is 3. The Morgan fingerprint density at radius 1 is 1.21 bits per heavy atom. The minimum Gasteiger partial charge on any atom is -0.486 e. The van der Waals surface area contributed by atoms with Crippen LogP contribution in [-0.2, 0) is 4.79 Å². The van der Waals surface area contributed by atoms with Crippen LogP contribution in [0.3, 0.4) is 0 Å². The van der Waals surface area contributed by atoms with Crippen LogP contribution in [0.2, 0.25) is 5.02 Å². The second kappa shape index (κ2) is 7.45. The van der Waals surface area contributed by atoms with Crippen molar-refractivity contribution in [2.75, 3.05) is 18.5 Å². The van der Waals surface area contributed by atoms with Crippen LogP contribution in [0.1, 0.15) is 13.3 Å². The maximum absolute atomic E-state index is 12.5. The zero-order valence-electron chi connectivity index (χ0n) is 13.3. The number of hydrogen-bond donors (Lipinski definition) is 1. The maximum atomic E-state index is 12.5. The van der Waals surface area contributed by atoms with Gasteiger partial charge in [-0.1, -0.05) is 24.6 Å². The molecule has 0 spiro atoms. The van der Waals surface area contributed by atoms with Gasteiger partial charge in [-0.3, -0.25) is 4.79 Å². The fourth-order valence-corrected chi connectivity index (χ4v) is 2.55. The Bertz CT molecular complexity index is 735. The van der Waals surface area contributed by atoms with E-state index in [4.69, 9.17) is 25.8 Å². The lowest BCUT2D eigenvalue weighted by molar-refractivity contribution is -0.122. The second-order valence-electron chi connectivity index (χ2n) is 5.32. The van der Waals surface area contributed by atoms with Gasteiger partial charge < -0.3 is 19.5 Å². The average Bonchev–Trinajstić information content (AvgIpc) is 2.59. The van der Waals surface area contributed by atoms with Crippen LogP contribution in [-0.4, -0.2) is 25.2 Å². The molecule has 0 aliphatic carbocycles. The van der Waals surface area contributed by atoms with E-state index < -0.39 is 6.10 Å². The fraction of sp³-hybridized carbons (Fsp3) is 0.278. The number of benzene rings is 2. The summed E-state index contributed by atoms with van der Waals surface area (Å²) in [6.07, 6.45) is -0.0835. The van der Waals surface area contributed by atoms with E-state index in [1.54, 1.807) is 42.5 Å². The number of carbonyl (C=O) groups excluding carboxylic acids is 1. The molecule has 0 saturated carbocycles. The summed E-state index contributed by atoms with van der Waals surface area (Å²) in [5.41, 5.74) is 0.636. The van der Waals surface area contributed by atoms with Gasteiger partial charge in [0.1, 0.15) is 19.0 Å². The molecule has 1 amide bonds. The highest BCUT2D eigenvalue weighted by atomic mass is 35.5. The van der Waals surface area contributed by atoms with Gasteiger partial charge in [-0.05, 0) is 36.8 Å². The molecule has 0 aromatic heterocycles. The molecule has 0 unspecified atom stereocenters. The van der Waals surface area contributed by atoms with Crippen LogP contribution < -0.4 is 19.5 Å². The van der Waals surface area contributed by atoms with Crippen molar-refractivity contribution in [3.63, 3.8) is 0 Å². The molecule has 0 fully saturated rings. The zero-order chi connectivity index (χ0) is 16.9. The number of carbonyl (C=O) groups is 1. The minimum atomic E-state index is -0.614. The van der Waals surface area contributed by atoms with Gasteiger partial charge in [0.05, 0.1) is 0 Å². The summed E-state index contributed by atoms with van der Waals surface area (Å²) in [6.45, 7) is 2.92. The normalized spacial score (nSPS) is 13.9. The summed E-state index contributed by atoms with van der Waals surface area (Å²) in [6, 6.07) is 12.3. The third-order valence-electron chi connectivity index (χ3n) is 3.55. The predicted molar refractivity (Wildman–Crippen MR) is 92.2 cm³/mol. The molecule has 5 nitrogen and oxygen atoms in total. The van der Waals surface area contributed by atoms with Gasteiger partial charge in [-0.25, -0.2) is 0 Å². The molecule has 24 heavy (non-hydrogen) atoms. The van der Waals surface area contributed by atoms with Crippen LogP contribution in [0.15, 0.2) is 42.5 Å². The molecule has 126 valence electrons. The van der Waals surface area contributed by atoms with Gasteiger partial charge in [-0.2, -0.15) is 0 Å². The largest absolute Gasteiger partial charge is 0.486 e. The third kappa shape index (κ3) is 3.92. The van der Waals surface area contributed by atoms with Gasteiger partial charge in [0.25, 0.3) is 5.91 Å². The first-order valence-electron chi connectivity index (χ1n) is 7.78. The Hall–Kier alpha value is -2.40. The molecule has 0 radical (unpaired) electrons. The van der Waals surface area contributed by atoms with Crippen LogP contribution in [0.5, 0.6) is 17.2 Å². The van der Waals surface area contributed by atoms with Crippen molar-refractivity contribution >= 4 is 23.2 Å². The Morgan fingerprint density at radius 2 is 2.00 bits per heavy atom. The highest BCUT2D eigenvalue weighted by Gasteiger charge is 2.20. The third-order valence-corrected chi connectivity index (χ3v) is 3.78. The average molecular weight is 348 g/mol. The van der Waals surface area contributed by atoms with Crippen LogP contribution in [0, 0.1) is 0 Å². The molecular formula is C18H18ClNO4. The summed E-state index contributed by atoms with van der Waals surface area (Å²) in [5, 5.41) is 3.41. The minimum absolute atomic E-state index is 0.228. The number of rotatable bonds is 5. The quantitative estimate of drug-likeness (QED) is 0.891. The van der Waals surface area contributed by atoms with Crippen molar-refractivity contribution in [2.45, 2.75) is 19.4 Å². The number of fused-ring (bicyclic) bond motifs is 1. The van der Waals surface area contributed by atoms with Gasteiger partial charge in [0.15, 0.2) is 17.6 Å². The Balaban J connectivity index is 1.68. The highest BCUT2D eigenvalue weighted by molar-refractivity contribution is 6.30. The van der Waals surface area contributed by atoms with E-state index in [-0.39, 0.29) is 5.91 Å².